The van der Waals surface area contributed by atoms with Crippen molar-refractivity contribution >= 4 is 33.4 Å². The number of rotatable bonds is 1. The Bertz CT molecular complexity index is 736. The normalized spacial score (nSPS) is 11.1. The minimum absolute atomic E-state index is 0.248. The minimum Gasteiger partial charge on any atom is -0.334 e. The van der Waals surface area contributed by atoms with E-state index in [-0.39, 0.29) is 5.82 Å². The van der Waals surface area contributed by atoms with Gasteiger partial charge in [0.25, 0.3) is 0 Å². The van der Waals surface area contributed by atoms with Crippen LogP contribution in [0.5, 0.6) is 0 Å². The van der Waals surface area contributed by atoms with Gasteiger partial charge in [-0.3, -0.25) is 4.98 Å². The van der Waals surface area contributed by atoms with Crippen LogP contribution >= 0.6 is 22.6 Å². The smallest absolute Gasteiger partial charge is 0.141 e. The van der Waals surface area contributed by atoms with Crippen LogP contribution < -0.4 is 0 Å². The molecule has 0 aliphatic carbocycles. The quantitative estimate of drug-likeness (QED) is 0.628. The molecule has 2 aromatic heterocycles. The highest BCUT2D eigenvalue weighted by molar-refractivity contribution is 14.1. The SMILES string of the molecule is Cn1cncc1-c1ccc2c(I)cncc2c1F. The summed E-state index contributed by atoms with van der Waals surface area (Å²) in [5.41, 5.74) is 1.31. The van der Waals surface area contributed by atoms with E-state index in [4.69, 9.17) is 0 Å². The molecular weight excluding hydrogens is 344 g/mol. The summed E-state index contributed by atoms with van der Waals surface area (Å²) in [5.74, 6) is -0.248. The molecule has 90 valence electrons. The maximum Gasteiger partial charge on any atom is 0.141 e. The summed E-state index contributed by atoms with van der Waals surface area (Å²) in [6.07, 6.45) is 6.61. The van der Waals surface area contributed by atoms with E-state index in [1.807, 2.05) is 13.1 Å². The highest BCUT2D eigenvalue weighted by atomic mass is 127. The Balaban J connectivity index is 2.34. The van der Waals surface area contributed by atoms with E-state index >= 15 is 0 Å². The van der Waals surface area contributed by atoms with E-state index in [1.54, 1.807) is 35.6 Å². The van der Waals surface area contributed by atoms with Crippen molar-refractivity contribution in [1.29, 1.82) is 0 Å². The third-order valence-corrected chi connectivity index (χ3v) is 3.78. The van der Waals surface area contributed by atoms with Crippen LogP contribution in [-0.4, -0.2) is 14.5 Å². The Morgan fingerprint density at radius 3 is 2.67 bits per heavy atom. The fourth-order valence-corrected chi connectivity index (χ4v) is 2.62. The zero-order valence-corrected chi connectivity index (χ0v) is 11.7. The molecule has 0 N–H and O–H groups in total. The number of benzene rings is 1. The van der Waals surface area contributed by atoms with Crippen molar-refractivity contribution in [2.75, 3.05) is 0 Å². The van der Waals surface area contributed by atoms with Crippen molar-refractivity contribution in [2.45, 2.75) is 0 Å². The third-order valence-electron chi connectivity index (χ3n) is 2.92. The number of halogens is 2. The predicted molar refractivity (Wildman–Crippen MR) is 76.6 cm³/mol. The maximum atomic E-state index is 14.5. The Morgan fingerprint density at radius 2 is 1.94 bits per heavy atom. The topological polar surface area (TPSA) is 30.7 Å². The Morgan fingerprint density at radius 1 is 1.11 bits per heavy atom. The van der Waals surface area contributed by atoms with Gasteiger partial charge in [0, 0.05) is 39.3 Å². The molecule has 0 fully saturated rings. The number of nitrogens with zero attached hydrogens (tertiary/aromatic N) is 3. The van der Waals surface area contributed by atoms with E-state index in [0.29, 0.717) is 10.9 Å². The standard InChI is InChI=1S/C13H9FIN3/c1-18-7-17-6-12(18)9-3-2-8-10(13(9)14)4-16-5-11(8)15/h2-7H,1H3. The van der Waals surface area contributed by atoms with Crippen LogP contribution in [0.2, 0.25) is 0 Å². The van der Waals surface area contributed by atoms with E-state index in [9.17, 15) is 4.39 Å². The monoisotopic (exact) mass is 353 g/mol. The molecule has 0 aliphatic rings. The molecule has 0 radical (unpaired) electrons. The Kier molecular flexibility index (Phi) is 2.77. The predicted octanol–water partition coefficient (Wildman–Crippen LogP) is 3.38. The number of fused-ring (bicyclic) bond motifs is 1. The lowest BCUT2D eigenvalue weighted by molar-refractivity contribution is 0.641. The van der Waals surface area contributed by atoms with Gasteiger partial charge in [-0.1, -0.05) is 6.07 Å². The molecule has 2 heterocycles. The van der Waals surface area contributed by atoms with E-state index in [0.717, 1.165) is 14.7 Å². The van der Waals surface area contributed by atoms with Gasteiger partial charge in [0.05, 0.1) is 18.2 Å². The minimum atomic E-state index is -0.248. The summed E-state index contributed by atoms with van der Waals surface area (Å²) >= 11 is 2.16. The molecule has 0 spiro atoms. The average molecular weight is 353 g/mol. The molecule has 5 heteroatoms. The Hall–Kier alpha value is -1.50. The first-order valence-corrected chi connectivity index (χ1v) is 6.45. The molecule has 0 aliphatic heterocycles. The molecule has 3 rings (SSSR count). The van der Waals surface area contributed by atoms with Gasteiger partial charge in [0.15, 0.2) is 0 Å². The molecule has 0 saturated heterocycles. The lowest BCUT2D eigenvalue weighted by Crippen LogP contribution is -1.94. The second kappa shape index (κ2) is 4.31. The first-order valence-electron chi connectivity index (χ1n) is 5.37. The first kappa shape index (κ1) is 11.6. The van der Waals surface area contributed by atoms with Crippen molar-refractivity contribution in [3.63, 3.8) is 0 Å². The highest BCUT2D eigenvalue weighted by Crippen LogP contribution is 2.29. The second-order valence-electron chi connectivity index (χ2n) is 4.03. The summed E-state index contributed by atoms with van der Waals surface area (Å²) in [6.45, 7) is 0. The summed E-state index contributed by atoms with van der Waals surface area (Å²) in [7, 11) is 1.85. The van der Waals surface area contributed by atoms with Gasteiger partial charge in [-0.05, 0) is 28.7 Å². The van der Waals surface area contributed by atoms with Crippen molar-refractivity contribution in [2.24, 2.45) is 7.05 Å². The molecule has 0 saturated carbocycles. The zero-order valence-electron chi connectivity index (χ0n) is 9.56. The summed E-state index contributed by atoms with van der Waals surface area (Å²) in [6, 6.07) is 3.71. The van der Waals surface area contributed by atoms with Crippen LogP contribution in [0.1, 0.15) is 0 Å². The molecule has 1 aromatic carbocycles. The van der Waals surface area contributed by atoms with Crippen LogP contribution in [0.25, 0.3) is 22.0 Å². The third kappa shape index (κ3) is 1.69. The van der Waals surface area contributed by atoms with Gasteiger partial charge in [0.2, 0.25) is 0 Å². The maximum absolute atomic E-state index is 14.5. The van der Waals surface area contributed by atoms with Crippen LogP contribution in [-0.2, 0) is 7.05 Å². The molecule has 0 bridgehead atoms. The van der Waals surface area contributed by atoms with Crippen molar-refractivity contribution in [3.05, 3.63) is 46.4 Å². The number of aryl methyl sites for hydroxylation is 1. The van der Waals surface area contributed by atoms with Crippen LogP contribution in [0.15, 0.2) is 37.1 Å². The fourth-order valence-electron chi connectivity index (χ4n) is 1.99. The van der Waals surface area contributed by atoms with E-state index in [2.05, 4.69) is 32.6 Å². The van der Waals surface area contributed by atoms with Crippen LogP contribution in [0, 0.1) is 9.39 Å². The molecule has 0 atom stereocenters. The number of pyridine rings is 1. The van der Waals surface area contributed by atoms with Crippen LogP contribution in [0.4, 0.5) is 4.39 Å². The zero-order chi connectivity index (χ0) is 12.7. The molecule has 3 nitrogen and oxygen atoms in total. The fraction of sp³-hybridized carbons (Fsp3) is 0.0769. The van der Waals surface area contributed by atoms with Gasteiger partial charge in [-0.2, -0.15) is 0 Å². The van der Waals surface area contributed by atoms with Gasteiger partial charge in [-0.15, -0.1) is 0 Å². The number of hydrogen-bond acceptors (Lipinski definition) is 2. The number of hydrogen-bond donors (Lipinski definition) is 0. The van der Waals surface area contributed by atoms with E-state index < -0.39 is 0 Å². The highest BCUT2D eigenvalue weighted by Gasteiger charge is 2.13. The molecule has 0 amide bonds. The summed E-state index contributed by atoms with van der Waals surface area (Å²) < 4.78 is 17.3. The van der Waals surface area contributed by atoms with Crippen molar-refractivity contribution in [1.82, 2.24) is 14.5 Å². The molecule has 0 unspecified atom stereocenters. The molecule has 3 aromatic rings. The summed E-state index contributed by atoms with van der Waals surface area (Å²) in [4.78, 5) is 8.06. The lowest BCUT2D eigenvalue weighted by Gasteiger charge is -2.07. The number of imidazole rings is 1. The van der Waals surface area contributed by atoms with Crippen molar-refractivity contribution < 1.29 is 4.39 Å². The van der Waals surface area contributed by atoms with E-state index in [1.165, 1.54) is 0 Å². The largest absolute Gasteiger partial charge is 0.334 e. The van der Waals surface area contributed by atoms with Gasteiger partial charge >= 0.3 is 0 Å². The van der Waals surface area contributed by atoms with Gasteiger partial charge in [-0.25, -0.2) is 9.37 Å². The first-order chi connectivity index (χ1) is 8.68. The average Bonchev–Trinajstić information content (AvgIpc) is 2.77. The Labute approximate surface area is 117 Å². The molecule has 18 heavy (non-hydrogen) atoms. The van der Waals surface area contributed by atoms with Gasteiger partial charge < -0.3 is 4.57 Å². The lowest BCUT2D eigenvalue weighted by atomic mass is 10.1. The molecular formula is C13H9FIN3. The summed E-state index contributed by atoms with van der Waals surface area (Å²) in [5, 5.41) is 1.43. The van der Waals surface area contributed by atoms with Crippen LogP contribution in [0.3, 0.4) is 0 Å². The van der Waals surface area contributed by atoms with Crippen molar-refractivity contribution in [3.8, 4) is 11.3 Å². The van der Waals surface area contributed by atoms with Gasteiger partial charge in [0.1, 0.15) is 5.82 Å². The second-order valence-corrected chi connectivity index (χ2v) is 5.20. The number of aromatic nitrogens is 3.